The van der Waals surface area contributed by atoms with Crippen molar-refractivity contribution in [3.05, 3.63) is 63.7 Å². The minimum absolute atomic E-state index is 0.0127. The molecule has 1 atom stereocenters. The highest BCUT2D eigenvalue weighted by molar-refractivity contribution is 5.82. The Morgan fingerprint density at radius 2 is 2.12 bits per heavy atom. The Hall–Kier alpha value is -3.09. The fourth-order valence-corrected chi connectivity index (χ4v) is 3.47. The molecule has 1 aliphatic carbocycles. The Bertz CT molecular complexity index is 837. The summed E-state index contributed by atoms with van der Waals surface area (Å²) in [5.74, 6) is -0.166. The summed E-state index contributed by atoms with van der Waals surface area (Å²) in [6.45, 7) is 0.0473. The second-order valence-corrected chi connectivity index (χ2v) is 6.57. The summed E-state index contributed by atoms with van der Waals surface area (Å²) >= 11 is 0. The number of anilines is 2. The smallest absolute Gasteiger partial charge is 0.292 e. The number of nitrogens with one attached hydrogen (secondary N) is 1. The summed E-state index contributed by atoms with van der Waals surface area (Å²) < 4.78 is 0. The lowest BCUT2D eigenvalue weighted by Gasteiger charge is -2.28. The van der Waals surface area contributed by atoms with E-state index in [0.29, 0.717) is 5.69 Å². The van der Waals surface area contributed by atoms with Crippen LogP contribution in [-0.2, 0) is 11.2 Å². The lowest BCUT2D eigenvalue weighted by molar-refractivity contribution is -0.384. The van der Waals surface area contributed by atoms with E-state index < -0.39 is 4.92 Å². The highest BCUT2D eigenvalue weighted by Crippen LogP contribution is 2.31. The largest absolute Gasteiger partial charge is 0.399 e. The molecule has 0 radical (unpaired) electrons. The number of nitrogens with two attached hydrogens (primary N) is 1. The van der Waals surface area contributed by atoms with Crippen LogP contribution in [0.4, 0.5) is 17.1 Å². The summed E-state index contributed by atoms with van der Waals surface area (Å²) in [4.78, 5) is 24.8. The first-order valence-corrected chi connectivity index (χ1v) is 8.58. The summed E-state index contributed by atoms with van der Waals surface area (Å²) in [5.41, 5.74) is 9.26. The number of benzene rings is 2. The van der Waals surface area contributed by atoms with Crippen LogP contribution in [0.25, 0.3) is 0 Å². The average Bonchev–Trinajstić information content (AvgIpc) is 2.61. The molecule has 1 amide bonds. The SMILES string of the molecule is CN(CC(=O)NC1CCCc2cc(N)ccc21)c1ccccc1[N+](=O)[O-]. The number of fused-ring (bicyclic) bond motifs is 1. The molecular formula is C19H22N4O3. The number of nitro groups is 1. The fraction of sp³-hybridized carbons (Fsp3) is 0.316. The zero-order chi connectivity index (χ0) is 18.7. The van der Waals surface area contributed by atoms with E-state index in [0.717, 1.165) is 30.5 Å². The van der Waals surface area contributed by atoms with Gasteiger partial charge in [0.2, 0.25) is 5.91 Å². The molecule has 0 saturated carbocycles. The third-order valence-electron chi connectivity index (χ3n) is 4.69. The van der Waals surface area contributed by atoms with Crippen LogP contribution in [0.5, 0.6) is 0 Å². The summed E-state index contributed by atoms with van der Waals surface area (Å²) in [6, 6.07) is 12.1. The van der Waals surface area contributed by atoms with Crippen LogP contribution in [0.2, 0.25) is 0 Å². The normalized spacial score (nSPS) is 15.8. The second-order valence-electron chi connectivity index (χ2n) is 6.57. The van der Waals surface area contributed by atoms with Gasteiger partial charge in [-0.25, -0.2) is 0 Å². The predicted octanol–water partition coefficient (Wildman–Crippen LogP) is 2.81. The Labute approximate surface area is 152 Å². The van der Waals surface area contributed by atoms with Crippen LogP contribution in [0.1, 0.15) is 30.0 Å². The Balaban J connectivity index is 1.70. The number of nitrogen functional groups attached to an aromatic ring is 1. The van der Waals surface area contributed by atoms with Gasteiger partial charge < -0.3 is 16.0 Å². The average molecular weight is 354 g/mol. The van der Waals surface area contributed by atoms with E-state index in [1.165, 1.54) is 11.6 Å². The van der Waals surface area contributed by atoms with Crippen LogP contribution < -0.4 is 16.0 Å². The summed E-state index contributed by atoms with van der Waals surface area (Å²) in [7, 11) is 1.68. The molecule has 2 aromatic rings. The molecule has 0 heterocycles. The molecule has 0 aromatic heterocycles. The van der Waals surface area contributed by atoms with E-state index in [-0.39, 0.29) is 24.2 Å². The van der Waals surface area contributed by atoms with Crippen molar-refractivity contribution in [3.63, 3.8) is 0 Å². The van der Waals surface area contributed by atoms with Crippen LogP contribution in [-0.4, -0.2) is 24.4 Å². The number of para-hydroxylation sites is 2. The molecule has 1 aliphatic rings. The minimum atomic E-state index is -0.439. The van der Waals surface area contributed by atoms with Crippen LogP contribution in [0.3, 0.4) is 0 Å². The molecule has 0 saturated heterocycles. The summed E-state index contributed by atoms with van der Waals surface area (Å²) in [5, 5.41) is 14.2. The van der Waals surface area contributed by atoms with E-state index in [2.05, 4.69) is 5.32 Å². The maximum absolute atomic E-state index is 12.5. The van der Waals surface area contributed by atoms with E-state index in [4.69, 9.17) is 5.73 Å². The molecule has 0 spiro atoms. The highest BCUT2D eigenvalue weighted by Gasteiger charge is 2.23. The number of likely N-dealkylation sites (N-methyl/N-ethyl adjacent to an activating group) is 1. The lowest BCUT2D eigenvalue weighted by atomic mass is 9.87. The number of aryl methyl sites for hydroxylation is 1. The number of hydrogen-bond donors (Lipinski definition) is 2. The molecule has 3 rings (SSSR count). The van der Waals surface area contributed by atoms with Gasteiger partial charge in [-0.15, -0.1) is 0 Å². The predicted molar refractivity (Wildman–Crippen MR) is 101 cm³/mol. The maximum atomic E-state index is 12.5. The molecule has 1 unspecified atom stereocenters. The third kappa shape index (κ3) is 3.77. The van der Waals surface area contributed by atoms with Crippen molar-refractivity contribution in [2.45, 2.75) is 25.3 Å². The van der Waals surface area contributed by atoms with Gasteiger partial charge in [-0.2, -0.15) is 0 Å². The number of nitrogens with zero attached hydrogens (tertiary/aromatic N) is 2. The molecular weight excluding hydrogens is 332 g/mol. The van der Waals surface area contributed by atoms with Crippen molar-refractivity contribution in [1.29, 1.82) is 0 Å². The molecule has 0 fully saturated rings. The first-order chi connectivity index (χ1) is 12.5. The summed E-state index contributed by atoms with van der Waals surface area (Å²) in [6.07, 6.45) is 2.82. The Kier molecular flexibility index (Phi) is 5.06. The topological polar surface area (TPSA) is 102 Å². The van der Waals surface area contributed by atoms with E-state index >= 15 is 0 Å². The first-order valence-electron chi connectivity index (χ1n) is 8.58. The number of amides is 1. The van der Waals surface area contributed by atoms with Gasteiger partial charge >= 0.3 is 0 Å². The highest BCUT2D eigenvalue weighted by atomic mass is 16.6. The number of carbonyl (C=O) groups is 1. The van der Waals surface area contributed by atoms with E-state index in [9.17, 15) is 14.9 Å². The Morgan fingerprint density at radius 1 is 1.35 bits per heavy atom. The zero-order valence-corrected chi connectivity index (χ0v) is 14.6. The van der Waals surface area contributed by atoms with Gasteiger partial charge in [-0.3, -0.25) is 14.9 Å². The third-order valence-corrected chi connectivity index (χ3v) is 4.69. The van der Waals surface area contributed by atoms with Crippen molar-refractivity contribution < 1.29 is 9.72 Å². The van der Waals surface area contributed by atoms with Gasteiger partial charge in [0.05, 0.1) is 17.5 Å². The van der Waals surface area contributed by atoms with Gasteiger partial charge in [0, 0.05) is 18.8 Å². The lowest BCUT2D eigenvalue weighted by Crippen LogP contribution is -2.38. The molecule has 136 valence electrons. The van der Waals surface area contributed by atoms with Crippen molar-refractivity contribution in [1.82, 2.24) is 5.32 Å². The van der Waals surface area contributed by atoms with Crippen LogP contribution in [0.15, 0.2) is 42.5 Å². The molecule has 0 bridgehead atoms. The number of carbonyl (C=O) groups excluding carboxylic acids is 1. The molecule has 2 aromatic carbocycles. The standard InChI is InChI=1S/C19H22N4O3/c1-22(17-7-2-3-8-18(17)23(25)26)12-19(24)21-16-6-4-5-13-11-14(20)9-10-15(13)16/h2-3,7-11,16H,4-6,12,20H2,1H3,(H,21,24). The van der Waals surface area contributed by atoms with Gasteiger partial charge in [0.25, 0.3) is 5.69 Å². The molecule has 3 N–H and O–H groups in total. The second kappa shape index (κ2) is 7.43. The number of hydrogen-bond acceptors (Lipinski definition) is 5. The molecule has 7 nitrogen and oxygen atoms in total. The molecule has 26 heavy (non-hydrogen) atoms. The van der Waals surface area contributed by atoms with E-state index in [1.54, 1.807) is 30.1 Å². The maximum Gasteiger partial charge on any atom is 0.292 e. The van der Waals surface area contributed by atoms with Gasteiger partial charge in [-0.1, -0.05) is 18.2 Å². The van der Waals surface area contributed by atoms with Gasteiger partial charge in [0.15, 0.2) is 0 Å². The number of nitro benzene ring substituents is 1. The quantitative estimate of drug-likeness (QED) is 0.488. The van der Waals surface area contributed by atoms with Crippen molar-refractivity contribution in [2.75, 3.05) is 24.2 Å². The van der Waals surface area contributed by atoms with Crippen molar-refractivity contribution in [3.8, 4) is 0 Å². The van der Waals surface area contributed by atoms with E-state index in [1.807, 2.05) is 18.2 Å². The fourth-order valence-electron chi connectivity index (χ4n) is 3.47. The zero-order valence-electron chi connectivity index (χ0n) is 14.6. The van der Waals surface area contributed by atoms with Gasteiger partial charge in [-0.05, 0) is 48.6 Å². The monoisotopic (exact) mass is 354 g/mol. The molecule has 7 heteroatoms. The number of rotatable bonds is 5. The Morgan fingerprint density at radius 3 is 2.88 bits per heavy atom. The molecule has 0 aliphatic heterocycles. The van der Waals surface area contributed by atoms with Gasteiger partial charge in [0.1, 0.15) is 5.69 Å². The van der Waals surface area contributed by atoms with Crippen LogP contribution in [0, 0.1) is 10.1 Å². The first kappa shape index (κ1) is 17.7. The van der Waals surface area contributed by atoms with Crippen molar-refractivity contribution >= 4 is 23.0 Å². The minimum Gasteiger partial charge on any atom is -0.399 e. The van der Waals surface area contributed by atoms with Crippen molar-refractivity contribution in [2.24, 2.45) is 0 Å². The van der Waals surface area contributed by atoms with Crippen LogP contribution >= 0.6 is 0 Å².